The van der Waals surface area contributed by atoms with Crippen molar-refractivity contribution >= 4 is 10.0 Å². The maximum Gasteiger partial charge on any atom is 0.242 e. The molecule has 23 heavy (non-hydrogen) atoms. The molecule has 1 heterocycles. The first-order chi connectivity index (χ1) is 10.8. The third-order valence-corrected chi connectivity index (χ3v) is 5.08. The lowest BCUT2D eigenvalue weighted by Gasteiger charge is -2.11. The van der Waals surface area contributed by atoms with Crippen LogP contribution in [0.1, 0.15) is 0 Å². The number of nitrogens with zero attached hydrogens (tertiary/aromatic N) is 3. The van der Waals surface area contributed by atoms with Gasteiger partial charge in [0.1, 0.15) is 5.83 Å². The molecule has 0 radical (unpaired) electrons. The van der Waals surface area contributed by atoms with E-state index < -0.39 is 10.0 Å². The van der Waals surface area contributed by atoms with Gasteiger partial charge in [0.15, 0.2) is 0 Å². The van der Waals surface area contributed by atoms with Gasteiger partial charge in [-0.2, -0.15) is 5.10 Å². The van der Waals surface area contributed by atoms with Crippen molar-refractivity contribution in [2.45, 2.75) is 11.4 Å². The van der Waals surface area contributed by atoms with Gasteiger partial charge in [-0.15, -0.1) is 0 Å². The fourth-order valence-corrected chi connectivity index (χ4v) is 2.88. The van der Waals surface area contributed by atoms with E-state index in [1.807, 2.05) is 0 Å². The smallest absolute Gasteiger partial charge is 0.242 e. The molecule has 0 saturated heterocycles. The molecule has 0 fully saturated rings. The van der Waals surface area contributed by atoms with Crippen LogP contribution in [0.3, 0.4) is 0 Å². The van der Waals surface area contributed by atoms with Gasteiger partial charge in [0.2, 0.25) is 10.0 Å². The van der Waals surface area contributed by atoms with Gasteiger partial charge in [-0.1, -0.05) is 12.1 Å². The predicted molar refractivity (Wildman–Crippen MR) is 86.8 cm³/mol. The van der Waals surface area contributed by atoms with Gasteiger partial charge in [0.05, 0.1) is 17.6 Å². The topological polar surface area (TPSA) is 81.2 Å². The van der Waals surface area contributed by atoms with E-state index in [2.05, 4.69) is 5.10 Å². The highest BCUT2D eigenvalue weighted by Crippen LogP contribution is 2.22. The third kappa shape index (κ3) is 4.04. The highest BCUT2D eigenvalue weighted by atomic mass is 32.2. The van der Waals surface area contributed by atoms with E-state index in [0.717, 1.165) is 15.4 Å². The van der Waals surface area contributed by atoms with E-state index in [1.54, 1.807) is 24.5 Å². The van der Waals surface area contributed by atoms with Crippen LogP contribution in [0.25, 0.3) is 11.1 Å². The molecular formula is C15H19FN4O2S. The van der Waals surface area contributed by atoms with Gasteiger partial charge in [-0.05, 0) is 23.8 Å². The number of benzene rings is 1. The number of nitrogens with two attached hydrogens (primary N) is 1. The van der Waals surface area contributed by atoms with E-state index in [0.29, 0.717) is 0 Å². The van der Waals surface area contributed by atoms with Gasteiger partial charge < -0.3 is 5.73 Å². The Morgan fingerprint density at radius 2 is 1.96 bits per heavy atom. The fraction of sp³-hybridized carbons (Fsp3) is 0.267. The van der Waals surface area contributed by atoms with Crippen LogP contribution in [-0.2, 0) is 16.6 Å². The molecule has 0 aliphatic carbocycles. The van der Waals surface area contributed by atoms with Crippen LogP contribution < -0.4 is 5.73 Å². The van der Waals surface area contributed by atoms with E-state index >= 15 is 0 Å². The molecule has 0 saturated carbocycles. The van der Waals surface area contributed by atoms with Crippen molar-refractivity contribution in [3.63, 3.8) is 0 Å². The maximum absolute atomic E-state index is 13.4. The predicted octanol–water partition coefficient (Wildman–Crippen LogP) is 1.61. The minimum absolute atomic E-state index is 0.0181. The molecule has 0 aliphatic heterocycles. The van der Waals surface area contributed by atoms with Crippen molar-refractivity contribution in [2.24, 2.45) is 5.73 Å². The average molecular weight is 338 g/mol. The highest BCUT2D eigenvalue weighted by Gasteiger charge is 2.16. The largest absolute Gasteiger partial charge is 0.327 e. The lowest BCUT2D eigenvalue weighted by Crippen LogP contribution is -2.22. The van der Waals surface area contributed by atoms with Crippen LogP contribution in [0, 0.1) is 0 Å². The second-order valence-corrected chi connectivity index (χ2v) is 7.28. The monoisotopic (exact) mass is 338 g/mol. The summed E-state index contributed by atoms with van der Waals surface area (Å²) in [5.74, 6) is -0.352. The number of hydrogen-bond acceptors (Lipinski definition) is 4. The summed E-state index contributed by atoms with van der Waals surface area (Å²) in [5.41, 5.74) is 6.83. The van der Waals surface area contributed by atoms with E-state index in [1.165, 1.54) is 37.0 Å². The molecule has 124 valence electrons. The summed E-state index contributed by atoms with van der Waals surface area (Å²) in [6, 6.07) is 6.47. The molecule has 8 heteroatoms. The summed E-state index contributed by atoms with van der Waals surface area (Å²) >= 11 is 0. The van der Waals surface area contributed by atoms with Gasteiger partial charge in [0.25, 0.3) is 0 Å². The highest BCUT2D eigenvalue weighted by molar-refractivity contribution is 7.89. The summed E-state index contributed by atoms with van der Waals surface area (Å²) in [6.07, 6.45) is 4.59. The number of allylic oxidation sites excluding steroid dienone is 1. The number of sulfonamides is 1. The van der Waals surface area contributed by atoms with Crippen molar-refractivity contribution in [3.8, 4) is 11.1 Å². The lowest BCUT2D eigenvalue weighted by atomic mass is 10.1. The first kappa shape index (κ1) is 17.3. The zero-order valence-corrected chi connectivity index (χ0v) is 13.8. The molecule has 1 aromatic carbocycles. The van der Waals surface area contributed by atoms with E-state index in [-0.39, 0.29) is 23.8 Å². The maximum atomic E-state index is 13.4. The molecule has 2 N–H and O–H groups in total. The third-order valence-electron chi connectivity index (χ3n) is 3.25. The fourth-order valence-electron chi connectivity index (χ4n) is 1.98. The van der Waals surface area contributed by atoms with Crippen LogP contribution in [0.15, 0.2) is 53.5 Å². The zero-order valence-electron chi connectivity index (χ0n) is 13.0. The van der Waals surface area contributed by atoms with Crippen LogP contribution >= 0.6 is 0 Å². The Bertz CT molecular complexity index is 795. The molecule has 0 bridgehead atoms. The van der Waals surface area contributed by atoms with Crippen molar-refractivity contribution < 1.29 is 12.8 Å². The molecule has 0 aliphatic rings. The average Bonchev–Trinajstić information content (AvgIpc) is 2.96. The van der Waals surface area contributed by atoms with Crippen molar-refractivity contribution in [3.05, 3.63) is 48.6 Å². The molecule has 0 atom stereocenters. The van der Waals surface area contributed by atoms with Gasteiger partial charge in [-0.25, -0.2) is 17.1 Å². The summed E-state index contributed by atoms with van der Waals surface area (Å²) in [7, 11) is -0.484. The Balaban J connectivity index is 2.21. The SMILES string of the molecule is CN(C)S(=O)(=O)c1ccc(-c2cnn(C/C(F)=C/CN)c2)cc1. The zero-order chi connectivity index (χ0) is 17.0. The Hall–Kier alpha value is -2.03. The molecule has 1 aromatic heterocycles. The summed E-state index contributed by atoms with van der Waals surface area (Å²) in [5, 5.41) is 4.08. The number of rotatable bonds is 6. The van der Waals surface area contributed by atoms with E-state index in [4.69, 9.17) is 5.73 Å². The first-order valence-corrected chi connectivity index (χ1v) is 8.38. The molecule has 0 spiro atoms. The van der Waals surface area contributed by atoms with Crippen LogP contribution in [-0.4, -0.2) is 43.1 Å². The van der Waals surface area contributed by atoms with Crippen LogP contribution in [0.5, 0.6) is 0 Å². The molecule has 2 aromatic rings. The Morgan fingerprint density at radius 1 is 1.30 bits per heavy atom. The van der Waals surface area contributed by atoms with Crippen molar-refractivity contribution in [2.75, 3.05) is 20.6 Å². The Kier molecular flexibility index (Phi) is 5.30. The van der Waals surface area contributed by atoms with Crippen molar-refractivity contribution in [1.29, 1.82) is 0 Å². The number of halogens is 1. The van der Waals surface area contributed by atoms with Crippen molar-refractivity contribution in [1.82, 2.24) is 14.1 Å². The molecule has 2 rings (SSSR count). The van der Waals surface area contributed by atoms with Gasteiger partial charge in [0, 0.05) is 32.4 Å². The molecular weight excluding hydrogens is 319 g/mol. The second kappa shape index (κ2) is 7.03. The summed E-state index contributed by atoms with van der Waals surface area (Å²) in [6.45, 7) is 0.159. The van der Waals surface area contributed by atoms with Crippen LogP contribution in [0.2, 0.25) is 0 Å². The first-order valence-electron chi connectivity index (χ1n) is 6.94. The normalized spacial score (nSPS) is 12.8. The minimum Gasteiger partial charge on any atom is -0.327 e. The molecule has 0 amide bonds. The number of aromatic nitrogens is 2. The Morgan fingerprint density at radius 3 is 2.52 bits per heavy atom. The molecule has 6 nitrogen and oxygen atoms in total. The van der Waals surface area contributed by atoms with Gasteiger partial charge >= 0.3 is 0 Å². The summed E-state index contributed by atoms with van der Waals surface area (Å²) < 4.78 is 40.1. The molecule has 0 unspecified atom stereocenters. The summed E-state index contributed by atoms with van der Waals surface area (Å²) in [4.78, 5) is 0.218. The second-order valence-electron chi connectivity index (χ2n) is 5.13. The quantitative estimate of drug-likeness (QED) is 0.868. The number of hydrogen-bond donors (Lipinski definition) is 1. The van der Waals surface area contributed by atoms with Gasteiger partial charge in [-0.3, -0.25) is 4.68 Å². The lowest BCUT2D eigenvalue weighted by molar-refractivity contribution is 0.520. The minimum atomic E-state index is -3.45. The van der Waals surface area contributed by atoms with Crippen LogP contribution in [0.4, 0.5) is 4.39 Å². The standard InChI is InChI=1S/C15H19FN4O2S/c1-19(2)23(21,22)15-5-3-12(4-6-15)13-9-18-20(10-13)11-14(16)7-8-17/h3-7,9-10H,8,11,17H2,1-2H3/b14-7-. The van der Waals surface area contributed by atoms with E-state index in [9.17, 15) is 12.8 Å². The Labute approximate surface area is 135 Å².